The van der Waals surface area contributed by atoms with Crippen molar-refractivity contribution in [3.8, 4) is 0 Å². The smallest absolute Gasteiger partial charge is 0.261 e. The molecule has 0 aliphatic carbocycles. The zero-order valence-electron chi connectivity index (χ0n) is 34.2. The molecule has 49 heavy (non-hydrogen) atoms. The van der Waals surface area contributed by atoms with Gasteiger partial charge in [0.15, 0.2) is 25.0 Å². The summed E-state index contributed by atoms with van der Waals surface area (Å²) in [4.78, 5) is 29.7. The van der Waals surface area contributed by atoms with Crippen molar-refractivity contribution in [1.82, 2.24) is 9.80 Å². The van der Waals surface area contributed by atoms with Crippen molar-refractivity contribution in [3.05, 3.63) is 35.4 Å². The molecular weight excluding hydrogens is 661 g/mol. The van der Waals surface area contributed by atoms with Crippen LogP contribution < -0.4 is 0 Å². The van der Waals surface area contributed by atoms with E-state index in [1.807, 2.05) is 12.1 Å². The van der Waals surface area contributed by atoms with Gasteiger partial charge < -0.3 is 13.3 Å². The molecule has 0 unspecified atom stereocenters. The molecule has 1 saturated heterocycles. The van der Waals surface area contributed by atoms with Crippen LogP contribution in [-0.4, -0.2) is 91.1 Å². The van der Waals surface area contributed by atoms with E-state index in [0.717, 1.165) is 38.8 Å². The number of piperidine rings is 1. The number of nitrogens with zero attached hydrogens (tertiary/aromatic N) is 2. The lowest BCUT2D eigenvalue weighted by Crippen LogP contribution is -2.66. The maximum atomic E-state index is 12.8. The topological polar surface area (TPSA) is 68.3 Å². The van der Waals surface area contributed by atoms with Gasteiger partial charge in [0, 0.05) is 13.1 Å². The Balaban J connectivity index is 1.81. The molecule has 0 aromatic heterocycles. The molecule has 2 heterocycles. The maximum Gasteiger partial charge on any atom is 0.261 e. The molecule has 280 valence electrons. The van der Waals surface area contributed by atoms with Gasteiger partial charge in [-0.05, 0) is 91.8 Å². The molecule has 7 nitrogen and oxygen atoms in total. The Kier molecular flexibility index (Phi) is 13.3. The number of carbonyl (C=O) groups is 2. The summed E-state index contributed by atoms with van der Waals surface area (Å²) in [5, 5.41) is 0.294. The number of likely N-dealkylation sites (tertiary alicyclic amines) is 1. The molecular formula is C39H72N2O5Si3. The van der Waals surface area contributed by atoms with Gasteiger partial charge in [0.25, 0.3) is 11.8 Å². The predicted molar refractivity (Wildman–Crippen MR) is 212 cm³/mol. The van der Waals surface area contributed by atoms with E-state index in [0.29, 0.717) is 30.2 Å². The number of amides is 2. The third-order valence-corrected chi connectivity index (χ3v) is 26.1. The lowest BCUT2D eigenvalue weighted by Gasteiger charge is -2.54. The molecule has 0 spiro atoms. The van der Waals surface area contributed by atoms with Gasteiger partial charge in [-0.25, -0.2) is 0 Å². The summed E-state index contributed by atoms with van der Waals surface area (Å²) in [6.07, 6.45) is 3.83. The Morgan fingerprint density at radius 3 is 1.53 bits per heavy atom. The number of rotatable bonds is 14. The van der Waals surface area contributed by atoms with Crippen LogP contribution in [0, 0.1) is 5.92 Å². The van der Waals surface area contributed by atoms with Gasteiger partial charge in [-0.15, -0.1) is 0 Å². The standard InChI is InChI=1S/C39H72N2O5Si3/c1-29-27-40(25-21-17-18-22-26-41-35(42)30-23-19-20-24-31(30)36(41)43)32(28-44-47(11,12)37(2,3)4)34(46-49(15,16)39(8,9)10)33(29)45-48(13,14)38(5,6)7/h19-20,23-24,29,32-34H,17-18,21-22,25-28H2,1-16H3/t29-,32+,33+,34+/m0/s1. The van der Waals surface area contributed by atoms with Crippen molar-refractivity contribution < 1.29 is 22.9 Å². The molecule has 1 fully saturated rings. The van der Waals surface area contributed by atoms with Crippen LogP contribution in [-0.2, 0) is 13.3 Å². The molecule has 1 aromatic carbocycles. The van der Waals surface area contributed by atoms with Crippen LogP contribution in [0.3, 0.4) is 0 Å². The van der Waals surface area contributed by atoms with Crippen LogP contribution in [0.5, 0.6) is 0 Å². The van der Waals surface area contributed by atoms with E-state index in [9.17, 15) is 9.59 Å². The number of unbranched alkanes of at least 4 members (excludes halogenated alkanes) is 3. The number of fused-ring (bicyclic) bond motifs is 1. The average Bonchev–Trinajstić information content (AvgIpc) is 3.19. The molecule has 3 rings (SSSR count). The van der Waals surface area contributed by atoms with Crippen molar-refractivity contribution in [2.24, 2.45) is 5.92 Å². The molecule has 4 atom stereocenters. The Bertz CT molecular complexity index is 1260. The van der Waals surface area contributed by atoms with E-state index in [1.54, 1.807) is 12.1 Å². The third kappa shape index (κ3) is 9.84. The zero-order chi connectivity index (χ0) is 37.4. The highest BCUT2D eigenvalue weighted by atomic mass is 28.4. The first kappa shape index (κ1) is 42.3. The summed E-state index contributed by atoms with van der Waals surface area (Å²) >= 11 is 0. The molecule has 2 aliphatic rings. The molecule has 2 amide bonds. The van der Waals surface area contributed by atoms with Crippen LogP contribution in [0.15, 0.2) is 24.3 Å². The van der Waals surface area contributed by atoms with Crippen LogP contribution in [0.2, 0.25) is 54.4 Å². The summed E-state index contributed by atoms with van der Waals surface area (Å²) in [5.74, 6) is 0.00582. The van der Waals surface area contributed by atoms with E-state index >= 15 is 0 Å². The van der Waals surface area contributed by atoms with E-state index < -0.39 is 25.0 Å². The highest BCUT2D eigenvalue weighted by Gasteiger charge is 2.52. The van der Waals surface area contributed by atoms with E-state index in [2.05, 4.69) is 113 Å². The molecule has 0 saturated carbocycles. The van der Waals surface area contributed by atoms with E-state index in [-0.39, 0.29) is 45.2 Å². The number of carbonyl (C=O) groups excluding carboxylic acids is 2. The van der Waals surface area contributed by atoms with Crippen molar-refractivity contribution in [3.63, 3.8) is 0 Å². The fourth-order valence-electron chi connectivity index (χ4n) is 6.07. The van der Waals surface area contributed by atoms with Gasteiger partial charge in [0.1, 0.15) is 0 Å². The Morgan fingerprint density at radius 2 is 1.08 bits per heavy atom. The maximum absolute atomic E-state index is 12.8. The summed E-state index contributed by atoms with van der Waals surface area (Å²) in [6, 6.07) is 7.26. The molecule has 0 radical (unpaired) electrons. The minimum absolute atomic E-state index is 0.0129. The van der Waals surface area contributed by atoms with Crippen molar-refractivity contribution >= 4 is 36.8 Å². The summed E-state index contributed by atoms with van der Waals surface area (Å²) in [5.41, 5.74) is 1.06. The Morgan fingerprint density at radius 1 is 0.653 bits per heavy atom. The van der Waals surface area contributed by atoms with Crippen molar-refractivity contribution in [1.29, 1.82) is 0 Å². The highest BCUT2D eigenvalue weighted by molar-refractivity contribution is 6.75. The first-order valence-corrected chi connectivity index (χ1v) is 27.6. The van der Waals surface area contributed by atoms with Crippen LogP contribution in [0.25, 0.3) is 0 Å². The lowest BCUT2D eigenvalue weighted by molar-refractivity contribution is -0.101. The third-order valence-electron chi connectivity index (χ3n) is 12.6. The molecule has 1 aromatic rings. The summed E-state index contributed by atoms with van der Waals surface area (Å²) in [6.45, 7) is 40.5. The second-order valence-corrected chi connectivity index (χ2v) is 33.8. The first-order valence-electron chi connectivity index (χ1n) is 18.9. The highest BCUT2D eigenvalue weighted by Crippen LogP contribution is 2.44. The largest absolute Gasteiger partial charge is 0.415 e. The van der Waals surface area contributed by atoms with Gasteiger partial charge in [0.2, 0.25) is 0 Å². The number of hydrogen-bond acceptors (Lipinski definition) is 6. The first-order chi connectivity index (χ1) is 22.2. The van der Waals surface area contributed by atoms with Gasteiger partial charge in [-0.2, -0.15) is 0 Å². The summed E-state index contributed by atoms with van der Waals surface area (Å²) in [7, 11) is -6.27. The minimum atomic E-state index is -2.16. The average molecular weight is 733 g/mol. The second-order valence-electron chi connectivity index (χ2n) is 19.5. The van der Waals surface area contributed by atoms with Crippen molar-refractivity contribution in [2.45, 2.75) is 168 Å². The molecule has 2 aliphatic heterocycles. The summed E-state index contributed by atoms with van der Waals surface area (Å²) < 4.78 is 21.9. The lowest BCUT2D eigenvalue weighted by atomic mass is 9.88. The Labute approximate surface area is 303 Å². The zero-order valence-corrected chi connectivity index (χ0v) is 37.2. The number of benzene rings is 1. The van der Waals surface area contributed by atoms with Crippen LogP contribution in [0.1, 0.15) is 116 Å². The molecule has 10 heteroatoms. The van der Waals surface area contributed by atoms with E-state index in [4.69, 9.17) is 13.3 Å². The molecule has 0 N–H and O–H groups in total. The fraction of sp³-hybridized carbons (Fsp3) is 0.795. The normalized spacial score (nSPS) is 23.4. The fourth-order valence-corrected chi connectivity index (χ4v) is 9.82. The van der Waals surface area contributed by atoms with Crippen LogP contribution >= 0.6 is 0 Å². The monoisotopic (exact) mass is 732 g/mol. The second kappa shape index (κ2) is 15.4. The quantitative estimate of drug-likeness (QED) is 0.108. The van der Waals surface area contributed by atoms with Gasteiger partial charge >= 0.3 is 0 Å². The van der Waals surface area contributed by atoms with Gasteiger partial charge in [-0.1, -0.05) is 94.2 Å². The number of hydrogen-bond donors (Lipinski definition) is 0. The number of imide groups is 1. The minimum Gasteiger partial charge on any atom is -0.415 e. The SMILES string of the molecule is C[C@H]1CN(CCCCCCN2C(=O)c3ccccc3C2=O)[C@H](CO[Si](C)(C)C(C)(C)C)[C@@H](O[Si](C)(C)C(C)(C)C)[C@@H]1O[Si](C)(C)C(C)(C)C. The predicted octanol–water partition coefficient (Wildman–Crippen LogP) is 9.97. The van der Waals surface area contributed by atoms with Crippen molar-refractivity contribution in [2.75, 3.05) is 26.2 Å². The van der Waals surface area contributed by atoms with Gasteiger partial charge in [-0.3, -0.25) is 19.4 Å². The Hall–Kier alpha value is -1.15. The van der Waals surface area contributed by atoms with Gasteiger partial charge in [0.05, 0.1) is 36.0 Å². The van der Waals surface area contributed by atoms with Crippen LogP contribution in [0.4, 0.5) is 0 Å². The van der Waals surface area contributed by atoms with E-state index in [1.165, 1.54) is 4.90 Å². The molecule has 0 bridgehead atoms.